The monoisotopic (exact) mass is 496 g/mol. The summed E-state index contributed by atoms with van der Waals surface area (Å²) in [6.45, 7) is 1.96. The molecule has 4 rings (SSSR count). The summed E-state index contributed by atoms with van der Waals surface area (Å²) in [6, 6.07) is 17.6. The molecule has 0 aliphatic heterocycles. The van der Waals surface area contributed by atoms with Crippen LogP contribution in [-0.2, 0) is 19.6 Å². The van der Waals surface area contributed by atoms with Crippen LogP contribution in [0.4, 0.5) is 5.82 Å². The summed E-state index contributed by atoms with van der Waals surface area (Å²) in [5, 5.41) is 0.690. The quantitative estimate of drug-likeness (QED) is 0.224. The van der Waals surface area contributed by atoms with Crippen LogP contribution in [0, 0.1) is 0 Å². The van der Waals surface area contributed by atoms with Crippen molar-refractivity contribution in [2.75, 3.05) is 17.1 Å². The topological polar surface area (TPSA) is 120 Å². The van der Waals surface area contributed by atoms with E-state index in [2.05, 4.69) is 14.7 Å². The summed E-state index contributed by atoms with van der Waals surface area (Å²) in [6.07, 6.45) is 1.48. The van der Waals surface area contributed by atoms with E-state index in [1.165, 1.54) is 35.0 Å². The molecule has 0 atom stereocenters. The van der Waals surface area contributed by atoms with Crippen molar-refractivity contribution in [3.63, 3.8) is 0 Å². The molecule has 9 nitrogen and oxygen atoms in total. The number of benzene rings is 2. The maximum absolute atomic E-state index is 13.3. The zero-order chi connectivity index (χ0) is 24.1. The molecular weight excluding hydrogens is 476 g/mol. The van der Waals surface area contributed by atoms with Gasteiger partial charge < -0.3 is 4.74 Å². The maximum atomic E-state index is 13.3. The number of carbonyl (C=O) groups is 1. The second-order valence-corrected chi connectivity index (χ2v) is 9.59. The van der Waals surface area contributed by atoms with Gasteiger partial charge in [-0.15, -0.1) is 0 Å². The molecule has 0 radical (unpaired) electrons. The highest BCUT2D eigenvalue weighted by molar-refractivity contribution is 7.99. The number of nitrogens with one attached hydrogen (secondary N) is 1. The van der Waals surface area contributed by atoms with Gasteiger partial charge in [0.25, 0.3) is 15.6 Å². The van der Waals surface area contributed by atoms with Crippen molar-refractivity contribution in [2.24, 2.45) is 0 Å². The zero-order valence-electron chi connectivity index (χ0n) is 18.0. The van der Waals surface area contributed by atoms with Crippen molar-refractivity contribution in [2.45, 2.75) is 17.0 Å². The lowest BCUT2D eigenvalue weighted by atomic mass is 10.2. The van der Waals surface area contributed by atoms with Crippen LogP contribution < -0.4 is 10.3 Å². The molecule has 0 fully saturated rings. The van der Waals surface area contributed by atoms with Gasteiger partial charge in [-0.05, 0) is 55.5 Å². The maximum Gasteiger partial charge on any atom is 0.316 e. The molecule has 0 saturated carbocycles. The summed E-state index contributed by atoms with van der Waals surface area (Å²) < 4.78 is 34.2. The molecule has 0 unspecified atom stereocenters. The number of hydrogen-bond acceptors (Lipinski definition) is 8. The number of hydrogen-bond donors (Lipinski definition) is 1. The summed E-state index contributed by atoms with van der Waals surface area (Å²) in [5.41, 5.74) is 0.569. The fraction of sp³-hybridized carbons (Fsp3) is 0.130. The van der Waals surface area contributed by atoms with Gasteiger partial charge in [0, 0.05) is 6.20 Å². The van der Waals surface area contributed by atoms with E-state index in [-0.39, 0.29) is 28.6 Å². The Hall–Kier alpha value is -3.70. The number of nitrogens with zero attached hydrogens (tertiary/aromatic N) is 3. The van der Waals surface area contributed by atoms with Gasteiger partial charge in [-0.1, -0.05) is 30.0 Å². The van der Waals surface area contributed by atoms with Crippen molar-refractivity contribution >= 4 is 44.5 Å². The molecule has 0 aliphatic carbocycles. The third-order valence-corrected chi connectivity index (χ3v) is 6.96. The molecule has 0 saturated heterocycles. The van der Waals surface area contributed by atoms with Gasteiger partial charge in [0.15, 0.2) is 5.16 Å². The summed E-state index contributed by atoms with van der Waals surface area (Å²) in [5.74, 6) is -0.262. The smallest absolute Gasteiger partial charge is 0.316 e. The molecule has 0 amide bonds. The first-order valence-corrected chi connectivity index (χ1v) is 12.7. The molecule has 0 spiro atoms. The van der Waals surface area contributed by atoms with Crippen molar-refractivity contribution in [1.82, 2.24) is 14.5 Å². The van der Waals surface area contributed by atoms with Gasteiger partial charge >= 0.3 is 5.97 Å². The first kappa shape index (κ1) is 23.5. The highest BCUT2D eigenvalue weighted by Crippen LogP contribution is 2.23. The van der Waals surface area contributed by atoms with Gasteiger partial charge in [-0.2, -0.15) is 0 Å². The first-order valence-electron chi connectivity index (χ1n) is 10.2. The van der Waals surface area contributed by atoms with Gasteiger partial charge in [0.1, 0.15) is 5.82 Å². The van der Waals surface area contributed by atoms with Crippen molar-refractivity contribution in [3.05, 3.63) is 83.3 Å². The predicted molar refractivity (Wildman–Crippen MR) is 130 cm³/mol. The number of para-hydroxylation sites is 1. The fourth-order valence-corrected chi connectivity index (χ4v) is 4.98. The lowest BCUT2D eigenvalue weighted by Crippen LogP contribution is -2.22. The van der Waals surface area contributed by atoms with E-state index in [0.717, 1.165) is 11.8 Å². The van der Waals surface area contributed by atoms with Crippen LogP contribution in [0.1, 0.15) is 6.92 Å². The van der Waals surface area contributed by atoms with Crippen LogP contribution in [0.5, 0.6) is 0 Å². The molecule has 0 aliphatic rings. The Bertz CT molecular complexity index is 1490. The number of fused-ring (bicyclic) bond motifs is 1. The Kier molecular flexibility index (Phi) is 6.94. The number of aromatic nitrogens is 3. The van der Waals surface area contributed by atoms with Gasteiger partial charge in [0.05, 0.1) is 33.8 Å². The Morgan fingerprint density at radius 1 is 1.06 bits per heavy atom. The second-order valence-electron chi connectivity index (χ2n) is 6.96. The number of anilines is 1. The number of thioether (sulfide) groups is 1. The highest BCUT2D eigenvalue weighted by atomic mass is 32.2. The number of ether oxygens (including phenoxy) is 1. The Labute approximate surface area is 199 Å². The van der Waals surface area contributed by atoms with Gasteiger partial charge in [-0.3, -0.25) is 18.9 Å². The highest BCUT2D eigenvalue weighted by Gasteiger charge is 2.18. The SMILES string of the molecule is CCOC(=O)CSc1nc2ccccc2c(=O)n1-c1ccc(S(=O)(=O)Nc2ccccn2)cc1. The third kappa shape index (κ3) is 5.10. The Balaban J connectivity index is 1.72. The Morgan fingerprint density at radius 3 is 2.50 bits per heavy atom. The van der Waals surface area contributed by atoms with Crippen LogP contribution >= 0.6 is 11.8 Å². The van der Waals surface area contributed by atoms with Crippen LogP contribution in [-0.4, -0.2) is 41.3 Å². The Morgan fingerprint density at radius 2 is 1.79 bits per heavy atom. The van der Waals surface area contributed by atoms with Gasteiger partial charge in [0.2, 0.25) is 0 Å². The number of rotatable bonds is 8. The third-order valence-electron chi connectivity index (χ3n) is 4.68. The zero-order valence-corrected chi connectivity index (χ0v) is 19.7. The molecule has 2 aromatic heterocycles. The first-order chi connectivity index (χ1) is 16.4. The van der Waals surface area contributed by atoms with Crippen LogP contribution in [0.25, 0.3) is 16.6 Å². The molecule has 0 bridgehead atoms. The second kappa shape index (κ2) is 10.1. The molecule has 11 heteroatoms. The fourth-order valence-electron chi connectivity index (χ4n) is 3.16. The van der Waals surface area contributed by atoms with E-state index in [0.29, 0.717) is 21.7 Å². The summed E-state index contributed by atoms with van der Waals surface area (Å²) >= 11 is 1.07. The minimum Gasteiger partial charge on any atom is -0.465 e. The number of carbonyl (C=O) groups excluding carboxylic acids is 1. The average Bonchev–Trinajstić information content (AvgIpc) is 2.83. The average molecular weight is 497 g/mol. The molecule has 174 valence electrons. The normalized spacial score (nSPS) is 11.3. The number of esters is 1. The molecule has 2 heterocycles. The molecule has 1 N–H and O–H groups in total. The van der Waals surface area contributed by atoms with E-state index in [1.807, 2.05) is 0 Å². The predicted octanol–water partition coefficient (Wildman–Crippen LogP) is 3.24. The summed E-state index contributed by atoms with van der Waals surface area (Å²) in [4.78, 5) is 33.7. The van der Waals surface area contributed by atoms with Crippen molar-refractivity contribution in [1.29, 1.82) is 0 Å². The largest absolute Gasteiger partial charge is 0.465 e. The van der Waals surface area contributed by atoms with E-state index < -0.39 is 16.0 Å². The number of pyridine rings is 1. The van der Waals surface area contributed by atoms with Crippen LogP contribution in [0.15, 0.2) is 87.8 Å². The van der Waals surface area contributed by atoms with Crippen LogP contribution in [0.2, 0.25) is 0 Å². The lowest BCUT2D eigenvalue weighted by molar-refractivity contribution is -0.139. The minimum atomic E-state index is -3.88. The van der Waals surface area contributed by atoms with Crippen molar-refractivity contribution in [3.8, 4) is 5.69 Å². The number of sulfonamides is 1. The van der Waals surface area contributed by atoms with E-state index >= 15 is 0 Å². The van der Waals surface area contributed by atoms with E-state index in [9.17, 15) is 18.0 Å². The molecular formula is C23H20N4O5S2. The molecule has 4 aromatic rings. The van der Waals surface area contributed by atoms with Gasteiger partial charge in [-0.25, -0.2) is 18.4 Å². The van der Waals surface area contributed by atoms with E-state index in [1.54, 1.807) is 49.4 Å². The standard InChI is InChI=1S/C23H20N4O5S2/c1-2-32-21(28)15-33-23-25-19-8-4-3-7-18(19)22(29)27(23)16-10-12-17(13-11-16)34(30,31)26-20-9-5-6-14-24-20/h3-14H,2,15H2,1H3,(H,24,26). The molecule has 2 aromatic carbocycles. The van der Waals surface area contributed by atoms with E-state index in [4.69, 9.17) is 4.74 Å². The minimum absolute atomic E-state index is 0.00410. The van der Waals surface area contributed by atoms with Crippen molar-refractivity contribution < 1.29 is 17.9 Å². The summed E-state index contributed by atoms with van der Waals surface area (Å²) in [7, 11) is -3.88. The lowest BCUT2D eigenvalue weighted by Gasteiger charge is -2.14. The van der Waals surface area contributed by atoms with Crippen LogP contribution in [0.3, 0.4) is 0 Å². The molecule has 34 heavy (non-hydrogen) atoms.